The van der Waals surface area contributed by atoms with E-state index >= 15 is 4.79 Å². The lowest BCUT2D eigenvalue weighted by Crippen LogP contribution is -2.59. The van der Waals surface area contributed by atoms with Crippen LogP contribution < -0.4 is 27.8 Å². The second-order valence-corrected chi connectivity index (χ2v) is 24.3. The summed E-state index contributed by atoms with van der Waals surface area (Å²) in [5.41, 5.74) is 24.2. The molecule has 6 aliphatic rings. The number of phenolic OH excluding ortho intramolecular Hbond substituents is 1. The number of aliphatic hydroxyl groups is 5. The van der Waals surface area contributed by atoms with Gasteiger partial charge in [0, 0.05) is 43.2 Å². The molecule has 15 heteroatoms. The number of aromatic hydroxyl groups is 1. The molecule has 0 aromatic heterocycles. The number of rotatable bonds is 6. The van der Waals surface area contributed by atoms with Gasteiger partial charge in [-0.1, -0.05) is 121 Å². The van der Waals surface area contributed by atoms with Gasteiger partial charge in [0.15, 0.2) is 11.7 Å². The largest absolute Gasteiger partial charge is 0.508 e. The molecule has 3 saturated carbocycles. The summed E-state index contributed by atoms with van der Waals surface area (Å²) in [6.45, 7) is 8.27. The topological polar surface area (TPSA) is 279 Å². The molecule has 1 amide bonds. The minimum Gasteiger partial charge on any atom is -0.508 e. The zero-order chi connectivity index (χ0) is 58.3. The first kappa shape index (κ1) is 60.4. The number of hydrogen-bond acceptors (Lipinski definition) is 12. The van der Waals surface area contributed by atoms with E-state index in [2.05, 4.69) is 40.1 Å². The van der Waals surface area contributed by atoms with E-state index in [1.165, 1.54) is 18.4 Å². The Morgan fingerprint density at radius 1 is 0.927 bits per heavy atom. The zero-order valence-electron chi connectivity index (χ0n) is 47.7. The van der Waals surface area contributed by atoms with Crippen LogP contribution in [0.25, 0.3) is 0 Å². The summed E-state index contributed by atoms with van der Waals surface area (Å²) in [7, 11) is 0. The molecule has 9 rings (SSSR count). The van der Waals surface area contributed by atoms with Gasteiger partial charge in [-0.05, 0) is 164 Å². The van der Waals surface area contributed by atoms with Crippen molar-refractivity contribution >= 4 is 17.6 Å². The Labute approximate surface area is 483 Å². The lowest BCUT2D eigenvalue weighted by Gasteiger charge is -2.56. The number of aliphatic imine (C=N–C) groups is 1. The first-order chi connectivity index (χ1) is 39.3. The van der Waals surface area contributed by atoms with E-state index < -0.39 is 77.2 Å². The molecule has 438 valence electrons. The van der Waals surface area contributed by atoms with E-state index in [0.29, 0.717) is 85.1 Å². The number of nitrogens with one attached hydrogen (secondary N) is 2. The number of aliphatic hydroxyl groups excluding tert-OH is 4. The molecular weight excluding hydrogens is 1030 g/mol. The van der Waals surface area contributed by atoms with E-state index in [9.17, 15) is 35.4 Å². The van der Waals surface area contributed by atoms with E-state index in [-0.39, 0.29) is 63.1 Å². The molecule has 3 heterocycles. The van der Waals surface area contributed by atoms with Crippen molar-refractivity contribution in [3.05, 3.63) is 159 Å². The van der Waals surface area contributed by atoms with Gasteiger partial charge in [-0.25, -0.2) is 0 Å². The number of amides is 1. The van der Waals surface area contributed by atoms with Gasteiger partial charge in [-0.2, -0.15) is 0 Å². The minimum absolute atomic E-state index is 0.0603. The number of allylic oxidation sites excluding steroid dienone is 5. The minimum atomic E-state index is -1.39. The summed E-state index contributed by atoms with van der Waals surface area (Å²) in [6, 6.07) is 19.1. The summed E-state index contributed by atoms with van der Waals surface area (Å²) < 4.78 is 6.29. The van der Waals surface area contributed by atoms with E-state index in [0.717, 1.165) is 40.7 Å². The second-order valence-electron chi connectivity index (χ2n) is 24.3. The van der Waals surface area contributed by atoms with Gasteiger partial charge in [0.25, 0.3) is 0 Å². The van der Waals surface area contributed by atoms with Crippen LogP contribution in [0.15, 0.2) is 130 Å². The van der Waals surface area contributed by atoms with Crippen LogP contribution in [0.3, 0.4) is 0 Å². The average molecular weight is 1120 g/mol. The van der Waals surface area contributed by atoms with Gasteiger partial charge < -0.3 is 57.9 Å². The third-order valence-electron chi connectivity index (χ3n) is 19.3. The highest BCUT2D eigenvalue weighted by Crippen LogP contribution is 2.63. The van der Waals surface area contributed by atoms with Crippen LogP contribution in [-0.4, -0.2) is 105 Å². The Morgan fingerprint density at radius 2 is 1.67 bits per heavy atom. The number of phenols is 1. The zero-order valence-corrected chi connectivity index (χ0v) is 47.7. The van der Waals surface area contributed by atoms with Gasteiger partial charge in [-0.3, -0.25) is 19.9 Å². The first-order valence-corrected chi connectivity index (χ1v) is 29.6. The van der Waals surface area contributed by atoms with Crippen molar-refractivity contribution in [3.8, 4) is 17.6 Å². The van der Waals surface area contributed by atoms with Crippen molar-refractivity contribution in [2.45, 2.75) is 158 Å². The molecule has 3 aromatic carbocycles. The SMILES string of the molecule is C=C1C=CC=C(C2CCC3(C4CCC(O)Cc5cccc(c5)CC(C(CN=C(N)N)c5ccc(O)cc5)C(O)CNC5C(=O)NC(N)c6cccc(c65)CC(=O)C(C)=C4CCC3(C)O)C2O)COCC#CCC(C2CCCC2)=CCC1O. The third-order valence-corrected chi connectivity index (χ3v) is 19.3. The molecule has 12 atom stereocenters. The quantitative estimate of drug-likeness (QED) is 0.0528. The second kappa shape index (κ2) is 26.6. The average Bonchev–Trinajstić information content (AvgIpc) is 1.84. The van der Waals surface area contributed by atoms with Gasteiger partial charge in [-0.15, -0.1) is 0 Å². The summed E-state index contributed by atoms with van der Waals surface area (Å²) in [4.78, 5) is 33.8. The predicted molar refractivity (Wildman–Crippen MR) is 319 cm³/mol. The lowest BCUT2D eigenvalue weighted by atomic mass is 9.52. The molecule has 3 aliphatic carbocycles. The molecule has 12 unspecified atom stereocenters. The Bertz CT molecular complexity index is 3030. The lowest BCUT2D eigenvalue weighted by molar-refractivity contribution is -0.168. The van der Waals surface area contributed by atoms with Crippen LogP contribution in [0.1, 0.15) is 142 Å². The van der Waals surface area contributed by atoms with E-state index in [1.54, 1.807) is 24.3 Å². The molecule has 0 saturated heterocycles. The molecule has 14 N–H and O–H groups in total. The number of Topliss-reactive ketones (excluding diaryl/α,β-unsaturated/α-hetero) is 1. The fourth-order valence-corrected chi connectivity index (χ4v) is 14.8. The predicted octanol–water partition coefficient (Wildman–Crippen LogP) is 6.76. The number of β-amino-alcohol motifs (C(OH)–C–C–N with tert-alkyl or cyclic N) is 1. The summed E-state index contributed by atoms with van der Waals surface area (Å²) in [6.07, 6.45) is 11.6. The Balaban J connectivity index is 1.09. The molecule has 3 fully saturated rings. The molecule has 82 heavy (non-hydrogen) atoms. The third kappa shape index (κ3) is 13.4. The molecule has 15 nitrogen and oxygen atoms in total. The molecule has 1 spiro atoms. The van der Waals surface area contributed by atoms with Crippen LogP contribution >= 0.6 is 0 Å². The standard InChI is InChI=1S/C67H86N6O9/c1-40-11-8-18-48(39-82-32-7-6-16-45(22-27-57(40)76)44-14-4-5-15-44)52-29-31-67(62(52)79)56-26-25-50(75)34-42-12-9-13-43(33-42)35-54(55(37-72-65(69)70)46-20-23-49(74)24-21-46)59(78)38-71-61-60-47(17-10-19-53(60)63(68)73-64(61)80)36-58(77)41(2)51(56)28-30-66(67,3)81/h8-13,17-24,33,44,50,52,54-57,59,61-63,71,74-76,78-79,81H,1,4-5,14-16,25-32,34-39,68H2,2-3H3,(H,73,80)(H4,69,70,72). The van der Waals surface area contributed by atoms with Gasteiger partial charge >= 0.3 is 0 Å². The van der Waals surface area contributed by atoms with Gasteiger partial charge in [0.2, 0.25) is 5.91 Å². The Morgan fingerprint density at radius 3 is 2.43 bits per heavy atom. The van der Waals surface area contributed by atoms with Crippen LogP contribution in [-0.2, 0) is 33.6 Å². The van der Waals surface area contributed by atoms with Crippen molar-refractivity contribution in [3.63, 3.8) is 0 Å². The van der Waals surface area contributed by atoms with Crippen molar-refractivity contribution in [1.29, 1.82) is 0 Å². The summed E-state index contributed by atoms with van der Waals surface area (Å²) in [5, 5.41) is 78.6. The van der Waals surface area contributed by atoms with Crippen molar-refractivity contribution in [1.82, 2.24) is 10.6 Å². The first-order valence-electron chi connectivity index (χ1n) is 29.6. The number of ether oxygens (including phenoxy) is 1. The van der Waals surface area contributed by atoms with Crippen molar-refractivity contribution in [2.24, 2.45) is 51.3 Å². The molecular formula is C67H86N6O9. The molecule has 3 aliphatic heterocycles. The highest BCUT2D eigenvalue weighted by atomic mass is 16.5. The van der Waals surface area contributed by atoms with E-state index in [4.69, 9.17) is 21.9 Å². The van der Waals surface area contributed by atoms with Crippen LogP contribution in [0, 0.1) is 40.9 Å². The number of carbonyl (C=O) groups excluding carboxylic acids is 2. The number of nitrogens with two attached hydrogens (primary N) is 3. The Hall–Kier alpha value is -6.19. The summed E-state index contributed by atoms with van der Waals surface area (Å²) in [5.74, 6) is 4.35. The fraction of sp³-hybridized carbons (Fsp3) is 0.507. The number of nitrogens with zero attached hydrogens (tertiary/aromatic N) is 1. The summed E-state index contributed by atoms with van der Waals surface area (Å²) >= 11 is 0. The maximum Gasteiger partial charge on any atom is 0.243 e. The van der Waals surface area contributed by atoms with E-state index in [1.807, 2.05) is 74.5 Å². The number of benzene rings is 3. The molecule has 0 radical (unpaired) electrons. The smallest absolute Gasteiger partial charge is 0.243 e. The van der Waals surface area contributed by atoms with Crippen LogP contribution in [0.2, 0.25) is 0 Å². The normalized spacial score (nSPS) is 31.5. The van der Waals surface area contributed by atoms with Crippen molar-refractivity contribution < 1.29 is 45.0 Å². The van der Waals surface area contributed by atoms with Gasteiger partial charge in [0.05, 0.1) is 36.6 Å². The number of fused-ring (bicyclic) bond motifs is 4. The van der Waals surface area contributed by atoms with Gasteiger partial charge in [0.1, 0.15) is 24.6 Å². The van der Waals surface area contributed by atoms with Crippen LogP contribution in [0.5, 0.6) is 5.75 Å². The molecule has 2 bridgehead atoms. The highest BCUT2D eigenvalue weighted by molar-refractivity contribution is 5.98. The number of guanidine groups is 1. The Kier molecular flexibility index (Phi) is 19.6. The monoisotopic (exact) mass is 1120 g/mol. The highest BCUT2D eigenvalue weighted by Gasteiger charge is 2.64. The van der Waals surface area contributed by atoms with Crippen LogP contribution in [0.4, 0.5) is 0 Å². The maximum absolute atomic E-state index is 15.2. The number of ketones is 1. The molecule has 3 aromatic rings. The fourth-order valence-electron chi connectivity index (χ4n) is 14.8. The van der Waals surface area contributed by atoms with Crippen molar-refractivity contribution in [2.75, 3.05) is 26.3 Å². The number of hydrogen-bond donors (Lipinski definition) is 11. The number of carbonyl (C=O) groups is 2. The maximum atomic E-state index is 15.2.